The number of hydrogen-bond donors (Lipinski definition) is 1. The normalized spacial score (nSPS) is 13.9. The number of aromatic nitrogens is 3. The number of anilines is 2. The van der Waals surface area contributed by atoms with E-state index in [0.717, 1.165) is 29.6 Å². The summed E-state index contributed by atoms with van der Waals surface area (Å²) in [6.07, 6.45) is 0.686. The van der Waals surface area contributed by atoms with E-state index in [1.54, 1.807) is 6.92 Å². The fourth-order valence-electron chi connectivity index (χ4n) is 3.46. The van der Waals surface area contributed by atoms with E-state index in [0.29, 0.717) is 11.4 Å². The van der Waals surface area contributed by atoms with Gasteiger partial charge in [0, 0.05) is 30.7 Å². The quantitative estimate of drug-likeness (QED) is 0.764. The molecule has 1 amide bonds. The van der Waals surface area contributed by atoms with Gasteiger partial charge in [0.05, 0.1) is 6.20 Å². The highest BCUT2D eigenvalue weighted by atomic mass is 19.3. The highest BCUT2D eigenvalue weighted by Gasteiger charge is 2.21. The molecular formula is C19H19F2N5O. The lowest BCUT2D eigenvalue weighted by molar-refractivity contribution is 0.102. The molecule has 1 N–H and O–H groups in total. The van der Waals surface area contributed by atoms with Gasteiger partial charge >= 0.3 is 0 Å². The van der Waals surface area contributed by atoms with Crippen molar-refractivity contribution in [3.05, 3.63) is 53.0 Å². The molecule has 0 saturated carbocycles. The molecular weight excluding hydrogens is 352 g/mol. The second-order valence-corrected chi connectivity index (χ2v) is 6.74. The summed E-state index contributed by atoms with van der Waals surface area (Å²) in [4.78, 5) is 19.1. The molecule has 0 saturated heterocycles. The van der Waals surface area contributed by atoms with Crippen LogP contribution in [-0.2, 0) is 6.42 Å². The minimum atomic E-state index is -2.71. The van der Waals surface area contributed by atoms with Crippen LogP contribution in [0.15, 0.2) is 30.5 Å². The number of halogens is 2. The van der Waals surface area contributed by atoms with Crippen LogP contribution in [-0.4, -0.2) is 34.1 Å². The number of benzene rings is 1. The van der Waals surface area contributed by atoms with Crippen molar-refractivity contribution < 1.29 is 13.6 Å². The summed E-state index contributed by atoms with van der Waals surface area (Å²) in [5.41, 5.74) is 3.39. The SMILES string of the molecule is Cc1cc(C(F)F)n2ncc(C(=O)Nc3ccc4c(c3)N(C)CCC4)c2n1. The Morgan fingerprint density at radius 1 is 1.30 bits per heavy atom. The largest absolute Gasteiger partial charge is 0.374 e. The second kappa shape index (κ2) is 6.61. The van der Waals surface area contributed by atoms with E-state index in [1.165, 1.54) is 17.8 Å². The maximum Gasteiger partial charge on any atom is 0.280 e. The van der Waals surface area contributed by atoms with Crippen LogP contribution in [0, 0.1) is 6.92 Å². The minimum Gasteiger partial charge on any atom is -0.374 e. The summed E-state index contributed by atoms with van der Waals surface area (Å²) in [5.74, 6) is -0.429. The van der Waals surface area contributed by atoms with Crippen LogP contribution >= 0.6 is 0 Å². The van der Waals surface area contributed by atoms with Gasteiger partial charge in [0.2, 0.25) is 0 Å². The average molecular weight is 371 g/mol. The molecule has 1 aliphatic rings. The summed E-state index contributed by atoms with van der Waals surface area (Å²) >= 11 is 0. The summed E-state index contributed by atoms with van der Waals surface area (Å²) < 4.78 is 27.5. The molecule has 27 heavy (non-hydrogen) atoms. The number of hydrogen-bond acceptors (Lipinski definition) is 4. The fraction of sp³-hybridized carbons (Fsp3) is 0.316. The van der Waals surface area contributed by atoms with Gasteiger partial charge in [-0.2, -0.15) is 5.10 Å². The molecule has 8 heteroatoms. The van der Waals surface area contributed by atoms with Gasteiger partial charge in [-0.3, -0.25) is 4.79 Å². The topological polar surface area (TPSA) is 62.5 Å². The maximum atomic E-state index is 13.2. The van der Waals surface area contributed by atoms with Gasteiger partial charge < -0.3 is 10.2 Å². The number of fused-ring (bicyclic) bond motifs is 2. The van der Waals surface area contributed by atoms with Crippen molar-refractivity contribution in [3.63, 3.8) is 0 Å². The first-order valence-corrected chi connectivity index (χ1v) is 8.73. The molecule has 3 aromatic rings. The van der Waals surface area contributed by atoms with E-state index in [9.17, 15) is 13.6 Å². The summed E-state index contributed by atoms with van der Waals surface area (Å²) in [5, 5.41) is 6.76. The molecule has 0 aliphatic carbocycles. The lowest BCUT2D eigenvalue weighted by atomic mass is 10.0. The molecule has 4 rings (SSSR count). The Bertz CT molecular complexity index is 1030. The van der Waals surface area contributed by atoms with E-state index in [-0.39, 0.29) is 16.9 Å². The maximum absolute atomic E-state index is 13.2. The van der Waals surface area contributed by atoms with Gasteiger partial charge in [0.15, 0.2) is 5.65 Å². The molecule has 2 aromatic heterocycles. The van der Waals surface area contributed by atoms with Crippen molar-refractivity contribution in [3.8, 4) is 0 Å². The smallest absolute Gasteiger partial charge is 0.280 e. The minimum absolute atomic E-state index is 0.123. The average Bonchev–Trinajstić information content (AvgIpc) is 3.05. The number of amides is 1. The number of nitrogens with zero attached hydrogens (tertiary/aromatic N) is 4. The second-order valence-electron chi connectivity index (χ2n) is 6.74. The summed E-state index contributed by atoms with van der Waals surface area (Å²) in [6.45, 7) is 2.58. The zero-order valence-electron chi connectivity index (χ0n) is 15.0. The van der Waals surface area contributed by atoms with Gasteiger partial charge in [-0.1, -0.05) is 6.07 Å². The van der Waals surface area contributed by atoms with E-state index >= 15 is 0 Å². The third-order valence-electron chi connectivity index (χ3n) is 4.79. The van der Waals surface area contributed by atoms with Crippen molar-refractivity contribution in [2.75, 3.05) is 23.8 Å². The number of alkyl halides is 2. The van der Waals surface area contributed by atoms with Gasteiger partial charge in [-0.15, -0.1) is 0 Å². The zero-order valence-corrected chi connectivity index (χ0v) is 15.0. The van der Waals surface area contributed by atoms with Crippen molar-refractivity contribution >= 4 is 22.9 Å². The molecule has 0 fully saturated rings. The molecule has 140 valence electrons. The molecule has 0 radical (unpaired) electrons. The van der Waals surface area contributed by atoms with E-state index in [1.807, 2.05) is 25.2 Å². The standard InChI is InChI=1S/C19H19F2N5O/c1-11-8-16(17(20)21)26-18(23-11)14(10-22-26)19(27)24-13-6-5-12-4-3-7-25(2)15(12)9-13/h5-6,8-10,17H,3-4,7H2,1-2H3,(H,24,27). The zero-order chi connectivity index (χ0) is 19.1. The monoisotopic (exact) mass is 371 g/mol. The van der Waals surface area contributed by atoms with Crippen molar-refractivity contribution in [1.29, 1.82) is 0 Å². The number of aryl methyl sites for hydroxylation is 2. The first-order chi connectivity index (χ1) is 12.9. The lowest BCUT2D eigenvalue weighted by Crippen LogP contribution is -2.24. The van der Waals surface area contributed by atoms with Crippen LogP contribution < -0.4 is 10.2 Å². The molecule has 0 spiro atoms. The Morgan fingerprint density at radius 3 is 2.89 bits per heavy atom. The molecule has 0 unspecified atom stereocenters. The third-order valence-corrected chi connectivity index (χ3v) is 4.79. The lowest BCUT2D eigenvalue weighted by Gasteiger charge is -2.28. The van der Waals surface area contributed by atoms with E-state index < -0.39 is 12.3 Å². The Labute approximate surface area is 154 Å². The number of nitrogens with one attached hydrogen (secondary N) is 1. The molecule has 0 bridgehead atoms. The van der Waals surface area contributed by atoms with Crippen LogP contribution in [0.5, 0.6) is 0 Å². The van der Waals surface area contributed by atoms with Gasteiger partial charge in [-0.25, -0.2) is 18.3 Å². The molecule has 1 aliphatic heterocycles. The Hall–Kier alpha value is -3.03. The highest BCUT2D eigenvalue weighted by Crippen LogP contribution is 2.29. The van der Waals surface area contributed by atoms with Crippen LogP contribution in [0.2, 0.25) is 0 Å². The van der Waals surface area contributed by atoms with E-state index in [4.69, 9.17) is 0 Å². The Morgan fingerprint density at radius 2 is 2.11 bits per heavy atom. The number of carbonyl (C=O) groups excluding carboxylic acids is 1. The Balaban J connectivity index is 1.67. The van der Waals surface area contributed by atoms with Crippen LogP contribution in [0.1, 0.15) is 40.2 Å². The van der Waals surface area contributed by atoms with Crippen molar-refractivity contribution in [2.45, 2.75) is 26.2 Å². The third kappa shape index (κ3) is 3.11. The molecule has 3 heterocycles. The molecule has 1 aromatic carbocycles. The van der Waals surface area contributed by atoms with Crippen LogP contribution in [0.25, 0.3) is 5.65 Å². The van der Waals surface area contributed by atoms with Crippen LogP contribution in [0.3, 0.4) is 0 Å². The van der Waals surface area contributed by atoms with Gasteiger partial charge in [0.1, 0.15) is 11.3 Å². The van der Waals surface area contributed by atoms with Crippen molar-refractivity contribution in [2.24, 2.45) is 0 Å². The Kier molecular flexibility index (Phi) is 4.25. The van der Waals surface area contributed by atoms with Gasteiger partial charge in [0.25, 0.3) is 12.3 Å². The molecule has 0 atom stereocenters. The summed E-state index contributed by atoms with van der Waals surface area (Å²) in [7, 11) is 2.02. The fourth-order valence-corrected chi connectivity index (χ4v) is 3.46. The van der Waals surface area contributed by atoms with Gasteiger partial charge in [-0.05, 0) is 43.5 Å². The first-order valence-electron chi connectivity index (χ1n) is 8.73. The highest BCUT2D eigenvalue weighted by molar-refractivity contribution is 6.08. The number of carbonyl (C=O) groups is 1. The van der Waals surface area contributed by atoms with Crippen LogP contribution in [0.4, 0.5) is 20.2 Å². The first kappa shape index (κ1) is 17.4. The predicted molar refractivity (Wildman–Crippen MR) is 98.7 cm³/mol. The van der Waals surface area contributed by atoms with E-state index in [2.05, 4.69) is 20.3 Å². The van der Waals surface area contributed by atoms with Crippen molar-refractivity contribution in [1.82, 2.24) is 14.6 Å². The molecule has 6 nitrogen and oxygen atoms in total. The summed E-state index contributed by atoms with van der Waals surface area (Å²) in [6, 6.07) is 7.06. The number of rotatable bonds is 3. The predicted octanol–water partition coefficient (Wildman–Crippen LogP) is 3.61.